The fraction of sp³-hybridized carbons (Fsp3) is 0.143. The number of nitrogens with one attached hydrogen (secondary N) is 2. The lowest BCUT2D eigenvalue weighted by Gasteiger charge is -2.07. The number of carbonyl (C=O) groups excluding carboxylic acids is 1. The number of anilines is 1. The van der Waals surface area contributed by atoms with Crippen molar-refractivity contribution in [1.29, 1.82) is 0 Å². The maximum Gasteiger partial charge on any atom is 0.246 e. The Hall–Kier alpha value is -1.56. The molecule has 3 rings (SSSR count). The number of hydrogen-bond acceptors (Lipinski definition) is 4. The Labute approximate surface area is 125 Å². The third kappa shape index (κ3) is 2.52. The predicted molar refractivity (Wildman–Crippen MR) is 80.2 cm³/mol. The van der Waals surface area contributed by atoms with Crippen LogP contribution in [0.1, 0.15) is 11.6 Å². The van der Waals surface area contributed by atoms with Crippen molar-refractivity contribution in [2.45, 2.75) is 16.0 Å². The molecule has 20 heavy (non-hydrogen) atoms. The van der Waals surface area contributed by atoms with Gasteiger partial charge in [0.1, 0.15) is 11.1 Å². The van der Waals surface area contributed by atoms with E-state index in [1.165, 1.54) is 11.8 Å². The molecule has 0 saturated carbocycles. The highest BCUT2D eigenvalue weighted by molar-refractivity contribution is 7.99. The molecule has 2 N–H and O–H groups in total. The molecule has 0 saturated heterocycles. The van der Waals surface area contributed by atoms with Crippen LogP contribution in [0.15, 0.2) is 46.5 Å². The van der Waals surface area contributed by atoms with Crippen molar-refractivity contribution in [1.82, 2.24) is 10.3 Å². The number of carbonyl (C=O) groups is 1. The normalized spacial score (nSPS) is 16.9. The zero-order chi connectivity index (χ0) is 14.1. The summed E-state index contributed by atoms with van der Waals surface area (Å²) in [5.74, 6) is -0.0192. The van der Waals surface area contributed by atoms with Crippen molar-refractivity contribution in [2.24, 2.45) is 0 Å². The van der Waals surface area contributed by atoms with Gasteiger partial charge in [0.2, 0.25) is 5.91 Å². The number of pyridine rings is 1. The van der Waals surface area contributed by atoms with Crippen LogP contribution < -0.4 is 10.6 Å². The Kier molecular flexibility index (Phi) is 3.65. The number of benzene rings is 1. The van der Waals surface area contributed by atoms with E-state index in [1.54, 1.807) is 13.2 Å². The van der Waals surface area contributed by atoms with Gasteiger partial charge in [-0.2, -0.15) is 0 Å². The van der Waals surface area contributed by atoms with Gasteiger partial charge in [-0.3, -0.25) is 4.79 Å². The summed E-state index contributed by atoms with van der Waals surface area (Å²) in [5.41, 5.74) is 1.83. The molecular weight excluding hydrogens is 294 g/mol. The number of fused-ring (bicyclic) bond motifs is 1. The first-order chi connectivity index (χ1) is 9.67. The highest BCUT2D eigenvalue weighted by atomic mass is 35.5. The van der Waals surface area contributed by atoms with Gasteiger partial charge in [0, 0.05) is 22.3 Å². The molecule has 1 aromatic carbocycles. The molecule has 1 aliphatic rings. The molecule has 4 nitrogen and oxygen atoms in total. The molecule has 1 unspecified atom stereocenters. The summed E-state index contributed by atoms with van der Waals surface area (Å²) >= 11 is 7.34. The fourth-order valence-electron chi connectivity index (χ4n) is 2.13. The molecule has 6 heteroatoms. The Balaban J connectivity index is 1.85. The molecule has 0 spiro atoms. The minimum Gasteiger partial charge on any atom is -0.324 e. The van der Waals surface area contributed by atoms with Gasteiger partial charge in [-0.25, -0.2) is 4.98 Å². The van der Waals surface area contributed by atoms with E-state index in [1.807, 2.05) is 30.3 Å². The van der Waals surface area contributed by atoms with Crippen molar-refractivity contribution in [3.8, 4) is 0 Å². The highest BCUT2D eigenvalue weighted by Gasteiger charge is 2.29. The summed E-state index contributed by atoms with van der Waals surface area (Å²) in [5, 5.41) is 7.36. The van der Waals surface area contributed by atoms with Crippen LogP contribution in [-0.2, 0) is 4.79 Å². The van der Waals surface area contributed by atoms with Gasteiger partial charge in [-0.1, -0.05) is 29.4 Å². The Morgan fingerprint density at radius 1 is 1.35 bits per heavy atom. The Bertz CT molecular complexity index is 660. The summed E-state index contributed by atoms with van der Waals surface area (Å²) in [6.07, 6.45) is 1.62. The van der Waals surface area contributed by atoms with Crippen LogP contribution >= 0.6 is 23.4 Å². The van der Waals surface area contributed by atoms with Crippen LogP contribution in [0.4, 0.5) is 5.69 Å². The third-order valence-corrected chi connectivity index (χ3v) is 4.23. The largest absolute Gasteiger partial charge is 0.324 e. The second-order valence-corrected chi connectivity index (χ2v) is 5.91. The van der Waals surface area contributed by atoms with Crippen LogP contribution in [-0.4, -0.2) is 17.9 Å². The lowest BCUT2D eigenvalue weighted by molar-refractivity contribution is -0.117. The Morgan fingerprint density at radius 3 is 2.90 bits per heavy atom. The van der Waals surface area contributed by atoms with E-state index in [9.17, 15) is 4.79 Å². The fourth-order valence-corrected chi connectivity index (χ4v) is 3.04. The first kappa shape index (κ1) is 13.4. The van der Waals surface area contributed by atoms with Gasteiger partial charge in [0.05, 0.1) is 5.02 Å². The summed E-state index contributed by atoms with van der Waals surface area (Å²) in [6.45, 7) is 0. The van der Waals surface area contributed by atoms with Crippen molar-refractivity contribution in [3.63, 3.8) is 0 Å². The molecule has 102 valence electrons. The van der Waals surface area contributed by atoms with E-state index in [0.29, 0.717) is 5.02 Å². The number of rotatable bonds is 3. The van der Waals surface area contributed by atoms with Gasteiger partial charge in [-0.05, 0) is 31.3 Å². The van der Waals surface area contributed by atoms with Crippen LogP contribution in [0.5, 0.6) is 0 Å². The zero-order valence-corrected chi connectivity index (χ0v) is 12.3. The first-order valence-corrected chi connectivity index (χ1v) is 7.28. The van der Waals surface area contributed by atoms with Crippen molar-refractivity contribution < 1.29 is 4.79 Å². The smallest absolute Gasteiger partial charge is 0.246 e. The van der Waals surface area contributed by atoms with Crippen molar-refractivity contribution >= 4 is 35.0 Å². The number of hydrogen-bond donors (Lipinski definition) is 2. The Morgan fingerprint density at radius 2 is 2.20 bits per heavy atom. The molecule has 0 radical (unpaired) electrons. The minimum absolute atomic E-state index is 0.0192. The average Bonchev–Trinajstić information content (AvgIpc) is 2.76. The summed E-state index contributed by atoms with van der Waals surface area (Å²) in [7, 11) is 1.78. The van der Waals surface area contributed by atoms with E-state index in [0.717, 1.165) is 21.2 Å². The van der Waals surface area contributed by atoms with Crippen LogP contribution in [0.3, 0.4) is 0 Å². The molecule has 1 aliphatic heterocycles. The molecule has 1 aromatic heterocycles. The van der Waals surface area contributed by atoms with Gasteiger partial charge in [-0.15, -0.1) is 0 Å². The first-order valence-electron chi connectivity index (χ1n) is 6.09. The molecule has 1 amide bonds. The van der Waals surface area contributed by atoms with Crippen molar-refractivity contribution in [3.05, 3.63) is 47.1 Å². The maximum atomic E-state index is 11.8. The summed E-state index contributed by atoms with van der Waals surface area (Å²) in [6, 6.07) is 9.33. The van der Waals surface area contributed by atoms with Crippen molar-refractivity contribution in [2.75, 3.05) is 12.4 Å². The topological polar surface area (TPSA) is 54.0 Å². The number of aromatic nitrogens is 1. The van der Waals surface area contributed by atoms with Gasteiger partial charge in [0.25, 0.3) is 0 Å². The van der Waals surface area contributed by atoms with Crippen LogP contribution in [0, 0.1) is 0 Å². The molecule has 0 bridgehead atoms. The second kappa shape index (κ2) is 5.44. The maximum absolute atomic E-state index is 11.8. The zero-order valence-electron chi connectivity index (χ0n) is 10.7. The van der Waals surface area contributed by atoms with E-state index >= 15 is 0 Å². The lowest BCUT2D eigenvalue weighted by Crippen LogP contribution is -2.23. The number of nitrogens with zero attached hydrogens (tertiary/aromatic N) is 1. The number of likely N-dealkylation sites (N-methyl/N-ethyl adjacent to an activating group) is 1. The summed E-state index contributed by atoms with van der Waals surface area (Å²) in [4.78, 5) is 17.0. The highest BCUT2D eigenvalue weighted by Crippen LogP contribution is 2.35. The SMILES string of the molecule is CNC1C(=O)Nc2cc(Sc3ccc(Cl)cn3)ccc21. The van der Waals surface area contributed by atoms with E-state index in [2.05, 4.69) is 15.6 Å². The van der Waals surface area contributed by atoms with Gasteiger partial charge >= 0.3 is 0 Å². The van der Waals surface area contributed by atoms with Crippen LogP contribution in [0.25, 0.3) is 0 Å². The number of halogens is 1. The summed E-state index contributed by atoms with van der Waals surface area (Å²) < 4.78 is 0. The van der Waals surface area contributed by atoms with Gasteiger partial charge in [0.15, 0.2) is 0 Å². The molecule has 0 aliphatic carbocycles. The monoisotopic (exact) mass is 305 g/mol. The molecule has 2 aromatic rings. The predicted octanol–water partition coefficient (Wildman–Crippen LogP) is 3.10. The minimum atomic E-state index is -0.266. The third-order valence-electron chi connectivity index (χ3n) is 3.07. The second-order valence-electron chi connectivity index (χ2n) is 4.38. The molecule has 1 atom stereocenters. The molecule has 2 heterocycles. The lowest BCUT2D eigenvalue weighted by atomic mass is 10.1. The van der Waals surface area contributed by atoms with E-state index in [-0.39, 0.29) is 11.9 Å². The molecule has 0 fully saturated rings. The van der Waals surface area contributed by atoms with Crippen LogP contribution in [0.2, 0.25) is 5.02 Å². The quantitative estimate of drug-likeness (QED) is 0.915. The van der Waals surface area contributed by atoms with E-state index < -0.39 is 0 Å². The average molecular weight is 306 g/mol. The molecular formula is C14H12ClN3OS. The van der Waals surface area contributed by atoms with Gasteiger partial charge < -0.3 is 10.6 Å². The van der Waals surface area contributed by atoms with E-state index in [4.69, 9.17) is 11.6 Å². The standard InChI is InChI=1S/C14H12ClN3OS/c1-16-13-10-4-3-9(6-11(10)18-14(13)19)20-12-5-2-8(15)7-17-12/h2-7,13,16H,1H3,(H,18,19). The number of amides is 1.